The van der Waals surface area contributed by atoms with Crippen LogP contribution in [-0.2, 0) is 13.0 Å². The fraction of sp³-hybridized carbons (Fsp3) is 0.450. The van der Waals surface area contributed by atoms with Crippen molar-refractivity contribution in [2.45, 2.75) is 40.7 Å². The predicted octanol–water partition coefficient (Wildman–Crippen LogP) is 3.43. The molecule has 0 unspecified atom stereocenters. The standard InChI is InChI=1S/C20H29N5OS.HI/c1-5-21-19(26)17-9-7-8-16(12-17)13-24-20(22-6-2)23-11-10-18-25-14(3)15(4)27-18;/h7-9,12H,5-6,10-11,13H2,1-4H3,(H,21,26)(H2,22,23,24);1H. The molecule has 8 heteroatoms. The maximum absolute atomic E-state index is 12.0. The minimum atomic E-state index is -0.0533. The van der Waals surface area contributed by atoms with Crippen LogP contribution in [0.5, 0.6) is 0 Å². The molecule has 1 aromatic carbocycles. The number of hydrogen-bond acceptors (Lipinski definition) is 4. The van der Waals surface area contributed by atoms with E-state index >= 15 is 0 Å². The molecule has 2 aromatic rings. The summed E-state index contributed by atoms with van der Waals surface area (Å²) in [5.41, 5.74) is 2.78. The van der Waals surface area contributed by atoms with Crippen molar-refractivity contribution in [3.63, 3.8) is 0 Å². The lowest BCUT2D eigenvalue weighted by Gasteiger charge is -2.11. The Morgan fingerprint density at radius 3 is 2.54 bits per heavy atom. The van der Waals surface area contributed by atoms with E-state index in [-0.39, 0.29) is 29.9 Å². The summed E-state index contributed by atoms with van der Waals surface area (Å²) < 4.78 is 0. The monoisotopic (exact) mass is 515 g/mol. The van der Waals surface area contributed by atoms with Gasteiger partial charge in [0.25, 0.3) is 5.91 Å². The van der Waals surface area contributed by atoms with Gasteiger partial charge in [0.05, 0.1) is 17.2 Å². The second-order valence-corrected chi connectivity index (χ2v) is 7.47. The van der Waals surface area contributed by atoms with Crippen LogP contribution in [0.25, 0.3) is 0 Å². The molecule has 0 radical (unpaired) electrons. The zero-order chi connectivity index (χ0) is 19.6. The molecule has 0 aliphatic carbocycles. The Hall–Kier alpha value is -1.68. The van der Waals surface area contributed by atoms with Gasteiger partial charge in [0, 0.05) is 36.5 Å². The Morgan fingerprint density at radius 1 is 1.14 bits per heavy atom. The van der Waals surface area contributed by atoms with Gasteiger partial charge >= 0.3 is 0 Å². The van der Waals surface area contributed by atoms with E-state index in [1.807, 2.05) is 45.0 Å². The molecule has 3 N–H and O–H groups in total. The van der Waals surface area contributed by atoms with Crippen molar-refractivity contribution in [3.8, 4) is 0 Å². The van der Waals surface area contributed by atoms with Gasteiger partial charge in [-0.3, -0.25) is 4.79 Å². The van der Waals surface area contributed by atoms with Gasteiger partial charge in [-0.2, -0.15) is 0 Å². The summed E-state index contributed by atoms with van der Waals surface area (Å²) in [7, 11) is 0. The topological polar surface area (TPSA) is 78.4 Å². The van der Waals surface area contributed by atoms with E-state index in [9.17, 15) is 4.79 Å². The van der Waals surface area contributed by atoms with Crippen molar-refractivity contribution in [2.75, 3.05) is 19.6 Å². The van der Waals surface area contributed by atoms with E-state index in [0.717, 1.165) is 41.7 Å². The average molecular weight is 515 g/mol. The normalized spacial score (nSPS) is 10.9. The number of carbonyl (C=O) groups excluding carboxylic acids is 1. The molecule has 1 heterocycles. The highest BCUT2D eigenvalue weighted by atomic mass is 127. The zero-order valence-corrected chi connectivity index (χ0v) is 20.1. The van der Waals surface area contributed by atoms with Crippen LogP contribution >= 0.6 is 35.3 Å². The summed E-state index contributed by atoms with van der Waals surface area (Å²) in [4.78, 5) is 22.4. The number of nitrogens with zero attached hydrogens (tertiary/aromatic N) is 2. The van der Waals surface area contributed by atoms with Gasteiger partial charge in [-0.15, -0.1) is 35.3 Å². The van der Waals surface area contributed by atoms with Crippen LogP contribution in [0.3, 0.4) is 0 Å². The first kappa shape index (κ1) is 24.4. The molecule has 0 saturated carbocycles. The molecule has 0 spiro atoms. The molecule has 0 aliphatic heterocycles. The average Bonchev–Trinajstić information content (AvgIpc) is 2.98. The van der Waals surface area contributed by atoms with Crippen molar-refractivity contribution in [2.24, 2.45) is 4.99 Å². The first-order valence-corrected chi connectivity index (χ1v) is 10.2. The van der Waals surface area contributed by atoms with E-state index in [1.54, 1.807) is 11.3 Å². The number of hydrogen-bond donors (Lipinski definition) is 3. The number of nitrogens with one attached hydrogen (secondary N) is 3. The number of benzene rings is 1. The molecule has 0 fully saturated rings. The molecule has 2 rings (SSSR count). The molecule has 28 heavy (non-hydrogen) atoms. The third-order valence-electron chi connectivity index (χ3n) is 3.99. The number of thiazole rings is 1. The minimum absolute atomic E-state index is 0. The van der Waals surface area contributed by atoms with Gasteiger partial charge in [0.1, 0.15) is 0 Å². The first-order valence-electron chi connectivity index (χ1n) is 9.35. The summed E-state index contributed by atoms with van der Waals surface area (Å²) in [6, 6.07) is 7.58. The van der Waals surface area contributed by atoms with Gasteiger partial charge in [0.2, 0.25) is 0 Å². The lowest BCUT2D eigenvalue weighted by Crippen LogP contribution is -2.38. The molecule has 0 bridgehead atoms. The molecule has 6 nitrogen and oxygen atoms in total. The Bertz CT molecular complexity index is 771. The van der Waals surface area contributed by atoms with E-state index < -0.39 is 0 Å². The molecule has 1 amide bonds. The number of amides is 1. The van der Waals surface area contributed by atoms with E-state index in [0.29, 0.717) is 18.7 Å². The molecule has 154 valence electrons. The minimum Gasteiger partial charge on any atom is -0.357 e. The number of guanidine groups is 1. The number of aliphatic imine (C=N–C) groups is 1. The Labute approximate surface area is 188 Å². The van der Waals surface area contributed by atoms with E-state index in [2.05, 4.69) is 32.9 Å². The van der Waals surface area contributed by atoms with Crippen LogP contribution in [0.2, 0.25) is 0 Å². The number of carbonyl (C=O) groups is 1. The molecule has 1 aromatic heterocycles. The molecule has 0 saturated heterocycles. The highest BCUT2D eigenvalue weighted by Gasteiger charge is 2.06. The smallest absolute Gasteiger partial charge is 0.251 e. The second kappa shape index (κ2) is 12.7. The first-order chi connectivity index (χ1) is 13.0. The van der Waals surface area contributed by atoms with Gasteiger partial charge in [-0.05, 0) is 45.4 Å². The highest BCUT2D eigenvalue weighted by molar-refractivity contribution is 14.0. The summed E-state index contributed by atoms with van der Waals surface area (Å²) in [5.74, 6) is 0.716. The van der Waals surface area contributed by atoms with Crippen LogP contribution in [0.4, 0.5) is 0 Å². The highest BCUT2D eigenvalue weighted by Crippen LogP contribution is 2.16. The number of aryl methyl sites for hydroxylation is 2. The predicted molar refractivity (Wildman–Crippen MR) is 128 cm³/mol. The van der Waals surface area contributed by atoms with Crippen molar-refractivity contribution in [1.82, 2.24) is 20.9 Å². The fourth-order valence-electron chi connectivity index (χ4n) is 2.52. The maximum Gasteiger partial charge on any atom is 0.251 e. The molecule has 0 aliphatic rings. The number of rotatable bonds is 8. The lowest BCUT2D eigenvalue weighted by atomic mass is 10.1. The van der Waals surface area contributed by atoms with Crippen molar-refractivity contribution in [3.05, 3.63) is 51.0 Å². The number of halogens is 1. The third kappa shape index (κ3) is 7.75. The quantitative estimate of drug-likeness (QED) is 0.286. The van der Waals surface area contributed by atoms with Gasteiger partial charge < -0.3 is 16.0 Å². The number of aromatic nitrogens is 1. The van der Waals surface area contributed by atoms with Crippen LogP contribution in [0.1, 0.15) is 45.3 Å². The fourth-order valence-corrected chi connectivity index (χ4v) is 3.45. The third-order valence-corrected chi connectivity index (χ3v) is 5.13. The zero-order valence-electron chi connectivity index (χ0n) is 17.0. The molecular weight excluding hydrogens is 485 g/mol. The van der Waals surface area contributed by atoms with Gasteiger partial charge in [0.15, 0.2) is 5.96 Å². The SMILES string of the molecule is CCNC(=O)c1cccc(CN=C(NCC)NCCc2nc(C)c(C)s2)c1.I. The van der Waals surface area contributed by atoms with Crippen LogP contribution in [0.15, 0.2) is 29.3 Å². The van der Waals surface area contributed by atoms with Gasteiger partial charge in [-0.25, -0.2) is 9.98 Å². The van der Waals surface area contributed by atoms with Crippen LogP contribution < -0.4 is 16.0 Å². The van der Waals surface area contributed by atoms with E-state index in [1.165, 1.54) is 4.88 Å². The second-order valence-electron chi connectivity index (χ2n) is 6.18. The van der Waals surface area contributed by atoms with Crippen LogP contribution in [-0.4, -0.2) is 36.5 Å². The Kier molecular flexibility index (Phi) is 11.1. The molecule has 0 atom stereocenters. The molecular formula is C20H30IN5OS. The Morgan fingerprint density at radius 2 is 1.89 bits per heavy atom. The van der Waals surface area contributed by atoms with Crippen molar-refractivity contribution in [1.29, 1.82) is 0 Å². The van der Waals surface area contributed by atoms with E-state index in [4.69, 9.17) is 0 Å². The largest absolute Gasteiger partial charge is 0.357 e. The van der Waals surface area contributed by atoms with Crippen molar-refractivity contribution < 1.29 is 4.79 Å². The maximum atomic E-state index is 12.0. The summed E-state index contributed by atoms with van der Waals surface area (Å²) in [6.07, 6.45) is 0.871. The summed E-state index contributed by atoms with van der Waals surface area (Å²) in [6.45, 7) is 10.8. The van der Waals surface area contributed by atoms with Crippen LogP contribution in [0, 0.1) is 13.8 Å². The Balaban J connectivity index is 0.00000392. The van der Waals surface area contributed by atoms with Gasteiger partial charge in [-0.1, -0.05) is 12.1 Å². The lowest BCUT2D eigenvalue weighted by molar-refractivity contribution is 0.0955. The summed E-state index contributed by atoms with van der Waals surface area (Å²) >= 11 is 1.75. The summed E-state index contributed by atoms with van der Waals surface area (Å²) in [5, 5.41) is 10.6. The van der Waals surface area contributed by atoms with Crippen molar-refractivity contribution >= 4 is 47.2 Å².